The Morgan fingerprint density at radius 3 is 2.60 bits per heavy atom. The van der Waals surface area contributed by atoms with Gasteiger partial charge in [-0.1, -0.05) is 43.7 Å². The molecule has 0 heterocycles. The van der Waals surface area contributed by atoms with Gasteiger partial charge in [0, 0.05) is 12.6 Å². The van der Waals surface area contributed by atoms with Crippen molar-refractivity contribution in [3.8, 4) is 0 Å². The van der Waals surface area contributed by atoms with Gasteiger partial charge >= 0.3 is 0 Å². The van der Waals surface area contributed by atoms with Gasteiger partial charge in [-0.15, -0.1) is 0 Å². The fourth-order valence-electron chi connectivity index (χ4n) is 1.51. The summed E-state index contributed by atoms with van der Waals surface area (Å²) in [6.07, 6.45) is 3.20. The predicted octanol–water partition coefficient (Wildman–Crippen LogP) is 2.72. The van der Waals surface area contributed by atoms with E-state index in [4.69, 9.17) is 10.5 Å². The summed E-state index contributed by atoms with van der Waals surface area (Å²) in [5.41, 5.74) is 7.11. The molecule has 0 spiro atoms. The molecule has 0 aliphatic heterocycles. The van der Waals surface area contributed by atoms with Gasteiger partial charge in [-0.25, -0.2) is 0 Å². The molecular weight excluding hydrogens is 186 g/mol. The van der Waals surface area contributed by atoms with Crippen LogP contribution in [0.1, 0.15) is 31.7 Å². The summed E-state index contributed by atoms with van der Waals surface area (Å²) in [7, 11) is 0. The first-order chi connectivity index (χ1) is 7.33. The summed E-state index contributed by atoms with van der Waals surface area (Å²) in [5.74, 6) is 0. The monoisotopic (exact) mass is 207 g/mol. The van der Waals surface area contributed by atoms with Crippen LogP contribution >= 0.6 is 0 Å². The summed E-state index contributed by atoms with van der Waals surface area (Å²) < 4.78 is 5.56. The molecule has 0 fully saturated rings. The summed E-state index contributed by atoms with van der Waals surface area (Å²) in [6, 6.07) is 10.5. The molecule has 2 heteroatoms. The van der Waals surface area contributed by atoms with Crippen LogP contribution in [0, 0.1) is 0 Å². The lowest BCUT2D eigenvalue weighted by atomic mass is 10.1. The molecule has 0 saturated heterocycles. The van der Waals surface area contributed by atoms with E-state index in [0.717, 1.165) is 25.9 Å². The van der Waals surface area contributed by atoms with Crippen LogP contribution in [0.15, 0.2) is 30.3 Å². The van der Waals surface area contributed by atoms with Crippen molar-refractivity contribution < 1.29 is 4.74 Å². The van der Waals surface area contributed by atoms with Crippen LogP contribution in [0.4, 0.5) is 0 Å². The van der Waals surface area contributed by atoms with E-state index in [2.05, 4.69) is 19.1 Å². The van der Waals surface area contributed by atoms with Gasteiger partial charge in [-0.2, -0.15) is 0 Å². The molecule has 0 aromatic heterocycles. The summed E-state index contributed by atoms with van der Waals surface area (Å²) in [6.45, 7) is 3.61. The number of rotatable bonds is 7. The highest BCUT2D eigenvalue weighted by atomic mass is 16.5. The molecule has 1 aromatic carbocycles. The predicted molar refractivity (Wildman–Crippen MR) is 63.6 cm³/mol. The Labute approximate surface area is 92.4 Å². The van der Waals surface area contributed by atoms with Gasteiger partial charge < -0.3 is 10.5 Å². The molecule has 84 valence electrons. The minimum atomic E-state index is 0.297. The molecule has 1 aromatic rings. The van der Waals surface area contributed by atoms with E-state index in [1.165, 1.54) is 5.56 Å². The Kier molecular flexibility index (Phi) is 6.05. The van der Waals surface area contributed by atoms with E-state index >= 15 is 0 Å². The van der Waals surface area contributed by atoms with Gasteiger partial charge in [0.1, 0.15) is 0 Å². The standard InChI is InChI=1S/C13H21NO/c1-2-6-13(14)9-10-15-11-12-7-4-3-5-8-12/h3-5,7-8,13H,2,6,9-11,14H2,1H3. The zero-order valence-corrected chi connectivity index (χ0v) is 9.49. The lowest BCUT2D eigenvalue weighted by molar-refractivity contribution is 0.113. The second-order valence-corrected chi connectivity index (χ2v) is 3.88. The van der Waals surface area contributed by atoms with Crippen molar-refractivity contribution in [3.05, 3.63) is 35.9 Å². The molecular formula is C13H21NO. The molecule has 1 atom stereocenters. The van der Waals surface area contributed by atoms with Gasteiger partial charge in [0.25, 0.3) is 0 Å². The second kappa shape index (κ2) is 7.43. The number of hydrogen-bond donors (Lipinski definition) is 1. The maximum Gasteiger partial charge on any atom is 0.0716 e. The maximum absolute atomic E-state index is 5.88. The van der Waals surface area contributed by atoms with Crippen molar-refractivity contribution in [3.63, 3.8) is 0 Å². The molecule has 0 amide bonds. The average molecular weight is 207 g/mol. The molecule has 1 unspecified atom stereocenters. The first-order valence-electron chi connectivity index (χ1n) is 5.70. The van der Waals surface area contributed by atoms with E-state index in [1.54, 1.807) is 0 Å². The minimum absolute atomic E-state index is 0.297. The highest BCUT2D eigenvalue weighted by Crippen LogP contribution is 2.03. The topological polar surface area (TPSA) is 35.2 Å². The van der Waals surface area contributed by atoms with Crippen LogP contribution in [0.25, 0.3) is 0 Å². The van der Waals surface area contributed by atoms with Crippen molar-refractivity contribution >= 4 is 0 Å². The molecule has 0 aliphatic rings. The SMILES string of the molecule is CCCC(N)CCOCc1ccccc1. The van der Waals surface area contributed by atoms with E-state index in [0.29, 0.717) is 12.6 Å². The number of ether oxygens (including phenoxy) is 1. The highest BCUT2D eigenvalue weighted by Gasteiger charge is 2.00. The second-order valence-electron chi connectivity index (χ2n) is 3.88. The zero-order valence-electron chi connectivity index (χ0n) is 9.49. The Hall–Kier alpha value is -0.860. The average Bonchev–Trinajstić information content (AvgIpc) is 2.26. The zero-order chi connectivity index (χ0) is 10.9. The summed E-state index contributed by atoms with van der Waals surface area (Å²) >= 11 is 0. The molecule has 0 saturated carbocycles. The normalized spacial score (nSPS) is 12.7. The molecule has 0 aliphatic carbocycles. The lowest BCUT2D eigenvalue weighted by Crippen LogP contribution is -2.21. The Balaban J connectivity index is 2.07. The van der Waals surface area contributed by atoms with E-state index in [9.17, 15) is 0 Å². The quantitative estimate of drug-likeness (QED) is 0.698. The minimum Gasteiger partial charge on any atom is -0.377 e. The van der Waals surface area contributed by atoms with Crippen LogP contribution in [0.2, 0.25) is 0 Å². The molecule has 1 rings (SSSR count). The van der Waals surface area contributed by atoms with Crippen molar-refractivity contribution in [2.75, 3.05) is 6.61 Å². The van der Waals surface area contributed by atoms with E-state index in [-0.39, 0.29) is 0 Å². The fourth-order valence-corrected chi connectivity index (χ4v) is 1.51. The van der Waals surface area contributed by atoms with Gasteiger partial charge in [-0.05, 0) is 18.4 Å². The first kappa shape index (κ1) is 12.2. The van der Waals surface area contributed by atoms with Crippen molar-refractivity contribution in [2.45, 2.75) is 38.8 Å². The van der Waals surface area contributed by atoms with Gasteiger partial charge in [0.15, 0.2) is 0 Å². The van der Waals surface area contributed by atoms with E-state index in [1.807, 2.05) is 18.2 Å². The number of nitrogens with two attached hydrogens (primary N) is 1. The third-order valence-electron chi connectivity index (χ3n) is 2.40. The summed E-state index contributed by atoms with van der Waals surface area (Å²) in [4.78, 5) is 0. The smallest absolute Gasteiger partial charge is 0.0716 e. The van der Waals surface area contributed by atoms with Gasteiger partial charge in [0.05, 0.1) is 6.61 Å². The Bertz CT molecular complexity index is 248. The van der Waals surface area contributed by atoms with Crippen LogP contribution in [0.3, 0.4) is 0 Å². The maximum atomic E-state index is 5.88. The fraction of sp³-hybridized carbons (Fsp3) is 0.538. The van der Waals surface area contributed by atoms with Crippen LogP contribution in [-0.2, 0) is 11.3 Å². The Morgan fingerprint density at radius 2 is 1.93 bits per heavy atom. The van der Waals surface area contributed by atoms with E-state index < -0.39 is 0 Å². The highest BCUT2D eigenvalue weighted by molar-refractivity contribution is 5.13. The number of hydrogen-bond acceptors (Lipinski definition) is 2. The number of benzene rings is 1. The molecule has 2 nitrogen and oxygen atoms in total. The largest absolute Gasteiger partial charge is 0.377 e. The molecule has 0 bridgehead atoms. The lowest BCUT2D eigenvalue weighted by Gasteiger charge is -2.10. The molecule has 15 heavy (non-hydrogen) atoms. The first-order valence-corrected chi connectivity index (χ1v) is 5.70. The summed E-state index contributed by atoms with van der Waals surface area (Å²) in [5, 5.41) is 0. The Morgan fingerprint density at radius 1 is 1.20 bits per heavy atom. The van der Waals surface area contributed by atoms with Gasteiger partial charge in [0.2, 0.25) is 0 Å². The third kappa shape index (κ3) is 5.55. The van der Waals surface area contributed by atoms with Crippen LogP contribution in [0.5, 0.6) is 0 Å². The van der Waals surface area contributed by atoms with Crippen molar-refractivity contribution in [1.82, 2.24) is 0 Å². The van der Waals surface area contributed by atoms with Crippen LogP contribution in [-0.4, -0.2) is 12.6 Å². The van der Waals surface area contributed by atoms with Crippen molar-refractivity contribution in [1.29, 1.82) is 0 Å². The van der Waals surface area contributed by atoms with Crippen molar-refractivity contribution in [2.24, 2.45) is 5.73 Å². The third-order valence-corrected chi connectivity index (χ3v) is 2.40. The van der Waals surface area contributed by atoms with Gasteiger partial charge in [-0.3, -0.25) is 0 Å². The van der Waals surface area contributed by atoms with Crippen LogP contribution < -0.4 is 5.73 Å². The molecule has 0 radical (unpaired) electrons. The molecule has 2 N–H and O–H groups in total.